The maximum Gasteiger partial charge on any atom is 0.435 e. The summed E-state index contributed by atoms with van der Waals surface area (Å²) in [6, 6.07) is 9.41. The zero-order chi connectivity index (χ0) is 27.9. The van der Waals surface area contributed by atoms with Crippen LogP contribution in [0.3, 0.4) is 0 Å². The number of nitroso groups, excluding NO2 is 1. The number of oxime groups is 1. The number of nitrogens with one attached hydrogen (secondary N) is 1. The zero-order valence-electron chi connectivity index (χ0n) is 18.8. The molecule has 0 aromatic heterocycles. The Hall–Kier alpha value is -3.38. The highest BCUT2D eigenvalue weighted by molar-refractivity contribution is 6.34. The average molecular weight is 578 g/mol. The van der Waals surface area contributed by atoms with E-state index in [1.807, 2.05) is 10.5 Å². The number of alkyl halides is 6. The van der Waals surface area contributed by atoms with Crippen LogP contribution in [0.1, 0.15) is 27.9 Å². The van der Waals surface area contributed by atoms with Crippen LogP contribution in [0.5, 0.6) is 0 Å². The van der Waals surface area contributed by atoms with Gasteiger partial charge in [-0.1, -0.05) is 63.9 Å². The van der Waals surface area contributed by atoms with Crippen molar-refractivity contribution in [2.24, 2.45) is 10.3 Å². The van der Waals surface area contributed by atoms with Crippen LogP contribution in [0.2, 0.25) is 10.0 Å². The molecule has 1 amide bonds. The fourth-order valence-corrected chi connectivity index (χ4v) is 4.61. The number of fused-ring (bicyclic) bond motifs is 1. The van der Waals surface area contributed by atoms with Gasteiger partial charge in [0.25, 0.3) is 11.5 Å². The number of carbonyl (C=O) groups is 1. The average Bonchev–Trinajstić information content (AvgIpc) is 3.29. The zero-order valence-corrected chi connectivity index (χ0v) is 20.3. The molecule has 0 saturated heterocycles. The molecule has 38 heavy (non-hydrogen) atoms. The minimum Gasteiger partial charge on any atom is -0.374 e. The van der Waals surface area contributed by atoms with Crippen molar-refractivity contribution >= 4 is 45.6 Å². The van der Waals surface area contributed by atoms with E-state index in [9.17, 15) is 36.0 Å². The summed E-state index contributed by atoms with van der Waals surface area (Å²) in [6.07, 6.45) is -10.6. The first kappa shape index (κ1) is 27.6. The van der Waals surface area contributed by atoms with Crippen LogP contribution in [0, 0.1) is 4.91 Å². The fourth-order valence-electron chi connectivity index (χ4n) is 4.08. The van der Waals surface area contributed by atoms with Gasteiger partial charge in [0.2, 0.25) is 6.04 Å². The van der Waals surface area contributed by atoms with Gasteiger partial charge < -0.3 is 10.2 Å². The number of benzene rings is 3. The van der Waals surface area contributed by atoms with Gasteiger partial charge in [0.1, 0.15) is 0 Å². The SMILES string of the molecule is O=NC(CNC(=O)c1ccc(C2=NOC(c3cc(Cl)cc(Cl)c3)(C(F)(F)F)C2)c2ccccc12)C(F)(F)F. The van der Waals surface area contributed by atoms with E-state index in [2.05, 4.69) is 5.16 Å². The van der Waals surface area contributed by atoms with Crippen molar-refractivity contribution in [2.75, 3.05) is 6.54 Å². The van der Waals surface area contributed by atoms with E-state index in [0.717, 1.165) is 12.1 Å². The van der Waals surface area contributed by atoms with E-state index in [4.69, 9.17) is 28.0 Å². The summed E-state index contributed by atoms with van der Waals surface area (Å²) < 4.78 is 81.5. The molecule has 6 nitrogen and oxygen atoms in total. The molecule has 4 rings (SSSR count). The number of carbonyl (C=O) groups excluding carboxylic acids is 1. The van der Waals surface area contributed by atoms with E-state index in [0.29, 0.717) is 5.39 Å². The molecule has 2 unspecified atom stereocenters. The van der Waals surface area contributed by atoms with E-state index in [1.165, 1.54) is 36.4 Å². The van der Waals surface area contributed by atoms with Crippen molar-refractivity contribution in [1.29, 1.82) is 0 Å². The van der Waals surface area contributed by atoms with Gasteiger partial charge in [-0.2, -0.15) is 31.2 Å². The standard InChI is InChI=1S/C24H15Cl2F6N3O3/c25-13-7-12(8-14(26)9-13)22(24(30,31)32)10-19(35-38-22)17-5-6-18(16-4-2-1-3-15(16)17)21(36)33-11-20(34-37)23(27,28)29/h1-9,20H,10-11H2,(H,33,36). The van der Waals surface area contributed by atoms with Crippen molar-refractivity contribution in [1.82, 2.24) is 5.32 Å². The normalized spacial score (nSPS) is 18.6. The van der Waals surface area contributed by atoms with Gasteiger partial charge in [0, 0.05) is 33.2 Å². The molecule has 0 fully saturated rings. The third kappa shape index (κ3) is 5.14. The molecule has 2 atom stereocenters. The van der Waals surface area contributed by atoms with Crippen LogP contribution in [-0.4, -0.2) is 36.6 Å². The molecule has 0 saturated carbocycles. The molecule has 200 valence electrons. The van der Waals surface area contributed by atoms with Gasteiger partial charge in [-0.25, -0.2) is 0 Å². The van der Waals surface area contributed by atoms with Crippen LogP contribution < -0.4 is 5.32 Å². The topological polar surface area (TPSA) is 80.1 Å². The van der Waals surface area contributed by atoms with E-state index >= 15 is 0 Å². The summed E-state index contributed by atoms with van der Waals surface area (Å²) in [5.41, 5.74) is -3.20. The summed E-state index contributed by atoms with van der Waals surface area (Å²) in [5, 5.41) is 8.19. The highest BCUT2D eigenvalue weighted by atomic mass is 35.5. The monoisotopic (exact) mass is 577 g/mol. The first-order valence-corrected chi connectivity index (χ1v) is 11.5. The number of hydrogen-bond acceptors (Lipinski definition) is 5. The Kier molecular flexibility index (Phi) is 7.32. The Morgan fingerprint density at radius 3 is 2.24 bits per heavy atom. The molecule has 0 aliphatic carbocycles. The van der Waals surface area contributed by atoms with Crippen LogP contribution in [0.25, 0.3) is 10.8 Å². The van der Waals surface area contributed by atoms with Crippen LogP contribution in [0.15, 0.2) is 64.9 Å². The molecule has 1 aliphatic rings. The molecular weight excluding hydrogens is 563 g/mol. The number of hydrogen-bond donors (Lipinski definition) is 1. The fraction of sp³-hybridized carbons (Fsp3) is 0.250. The summed E-state index contributed by atoms with van der Waals surface area (Å²) >= 11 is 11.9. The smallest absolute Gasteiger partial charge is 0.374 e. The lowest BCUT2D eigenvalue weighted by Crippen LogP contribution is -2.42. The van der Waals surface area contributed by atoms with Gasteiger partial charge in [0.15, 0.2) is 0 Å². The Labute approximate surface area is 220 Å². The Morgan fingerprint density at radius 2 is 1.66 bits per heavy atom. The molecule has 0 radical (unpaired) electrons. The largest absolute Gasteiger partial charge is 0.435 e. The second-order valence-electron chi connectivity index (χ2n) is 8.37. The molecule has 1 N–H and O–H groups in total. The van der Waals surface area contributed by atoms with Crippen LogP contribution in [0.4, 0.5) is 26.3 Å². The highest BCUT2D eigenvalue weighted by Gasteiger charge is 2.62. The molecule has 1 heterocycles. The Balaban J connectivity index is 1.70. The summed E-state index contributed by atoms with van der Waals surface area (Å²) in [7, 11) is 0. The van der Waals surface area contributed by atoms with Gasteiger partial charge in [-0.15, -0.1) is 0 Å². The van der Waals surface area contributed by atoms with Crippen molar-refractivity contribution in [3.05, 3.63) is 86.2 Å². The quantitative estimate of drug-likeness (QED) is 0.249. The van der Waals surface area contributed by atoms with Gasteiger partial charge in [-0.3, -0.25) is 4.79 Å². The second-order valence-corrected chi connectivity index (χ2v) is 9.24. The molecule has 14 heteroatoms. The third-order valence-corrected chi connectivity index (χ3v) is 6.39. The lowest BCUT2D eigenvalue weighted by molar-refractivity contribution is -0.275. The number of rotatable bonds is 6. The Morgan fingerprint density at radius 1 is 1.03 bits per heavy atom. The summed E-state index contributed by atoms with van der Waals surface area (Å²) in [6.45, 7) is -1.08. The lowest BCUT2D eigenvalue weighted by atomic mass is 9.85. The highest BCUT2D eigenvalue weighted by Crippen LogP contribution is 2.50. The number of amides is 1. The molecule has 3 aromatic rings. The van der Waals surface area contributed by atoms with Crippen LogP contribution >= 0.6 is 23.2 Å². The Bertz CT molecular complexity index is 1420. The van der Waals surface area contributed by atoms with Crippen molar-refractivity contribution in [3.63, 3.8) is 0 Å². The van der Waals surface area contributed by atoms with Gasteiger partial charge >= 0.3 is 12.4 Å². The maximum absolute atomic E-state index is 14.4. The van der Waals surface area contributed by atoms with Crippen molar-refractivity contribution in [2.45, 2.75) is 30.4 Å². The molecule has 0 spiro atoms. The molecule has 0 bridgehead atoms. The molecule has 3 aromatic carbocycles. The van der Waals surface area contributed by atoms with E-state index in [-0.39, 0.29) is 37.8 Å². The molecule has 1 aliphatic heterocycles. The number of nitrogens with zero attached hydrogens (tertiary/aromatic N) is 2. The predicted molar refractivity (Wildman–Crippen MR) is 128 cm³/mol. The van der Waals surface area contributed by atoms with Crippen LogP contribution in [-0.2, 0) is 10.4 Å². The maximum atomic E-state index is 14.4. The lowest BCUT2D eigenvalue weighted by Gasteiger charge is -2.29. The van der Waals surface area contributed by atoms with Crippen molar-refractivity contribution in [3.8, 4) is 0 Å². The van der Waals surface area contributed by atoms with Gasteiger partial charge in [-0.05, 0) is 35.0 Å². The first-order valence-electron chi connectivity index (χ1n) is 10.7. The van der Waals surface area contributed by atoms with E-state index < -0.39 is 42.9 Å². The summed E-state index contributed by atoms with van der Waals surface area (Å²) in [4.78, 5) is 28.2. The minimum atomic E-state index is -4.94. The predicted octanol–water partition coefficient (Wildman–Crippen LogP) is 7.16. The van der Waals surface area contributed by atoms with Gasteiger partial charge in [0.05, 0.1) is 12.3 Å². The first-order chi connectivity index (χ1) is 17.8. The number of halogens is 8. The van der Waals surface area contributed by atoms with Crippen molar-refractivity contribution < 1.29 is 36.0 Å². The minimum absolute atomic E-state index is 0.0356. The molecular formula is C24H15Cl2F6N3O3. The summed E-state index contributed by atoms with van der Waals surface area (Å²) in [5.74, 6) is -0.937. The second kappa shape index (κ2) is 10.1. The third-order valence-electron chi connectivity index (χ3n) is 5.96. The van der Waals surface area contributed by atoms with E-state index in [1.54, 1.807) is 6.07 Å².